The maximum absolute atomic E-state index is 4.86. The summed E-state index contributed by atoms with van der Waals surface area (Å²) in [6, 6.07) is 12.6. The lowest BCUT2D eigenvalue weighted by Crippen LogP contribution is -1.96. The Morgan fingerprint density at radius 3 is 1.93 bits per heavy atom. The van der Waals surface area contributed by atoms with Crippen LogP contribution in [-0.4, -0.2) is 4.98 Å². The van der Waals surface area contributed by atoms with Crippen molar-refractivity contribution >= 4 is 17.2 Å². The van der Waals surface area contributed by atoms with Gasteiger partial charge in [-0.2, -0.15) is 0 Å². The molecule has 0 bridgehead atoms. The van der Waals surface area contributed by atoms with Crippen LogP contribution in [0.1, 0.15) is 43.6 Å². The Bertz CT molecular complexity index is 864. The first kappa shape index (κ1) is 22.9. The van der Waals surface area contributed by atoms with E-state index in [0.29, 0.717) is 0 Å². The highest BCUT2D eigenvalue weighted by atomic mass is 14.7. The average Bonchev–Trinajstić information content (AvgIpc) is 2.76. The number of nitrogens with zero attached hydrogens (tertiary/aromatic N) is 1. The molecular weight excluding hydrogens is 338 g/mol. The van der Waals surface area contributed by atoms with Crippen LogP contribution >= 0.6 is 0 Å². The molecule has 0 radical (unpaired) electrons. The predicted molar refractivity (Wildman–Crippen MR) is 128 cm³/mol. The predicted octanol–water partition coefficient (Wildman–Crippen LogP) is 8.15. The quantitative estimate of drug-likeness (QED) is 0.338. The van der Waals surface area contributed by atoms with Crippen LogP contribution in [0.2, 0.25) is 0 Å². The molecule has 2 rings (SSSR count). The standard InChI is InChI=1S/C25H27N.C2H4/c1-6-11-12-21(10-5)25-18-23(17-24(26-25)20(8-3)9-4)22-15-13-19(7-2)14-16-22;1-2/h7-10,12-18H,2-3,5-6,11H2,1,4H3;1-2H2/b20-9+,21-12+;. The van der Waals surface area contributed by atoms with Crippen molar-refractivity contribution in [1.82, 2.24) is 4.98 Å². The molecule has 0 saturated carbocycles. The number of pyridine rings is 1. The van der Waals surface area contributed by atoms with Gasteiger partial charge in [-0.15, -0.1) is 13.2 Å². The van der Waals surface area contributed by atoms with Crippen LogP contribution in [0.4, 0.5) is 0 Å². The van der Waals surface area contributed by atoms with E-state index in [0.717, 1.165) is 52.1 Å². The number of benzene rings is 1. The molecule has 1 aromatic carbocycles. The molecule has 2 aromatic rings. The Hall–Kier alpha value is -3.19. The second-order valence-corrected chi connectivity index (χ2v) is 6.05. The van der Waals surface area contributed by atoms with Crippen LogP contribution in [0.15, 0.2) is 93.6 Å². The number of hydrogen-bond donors (Lipinski definition) is 0. The topological polar surface area (TPSA) is 12.9 Å². The summed E-state index contributed by atoms with van der Waals surface area (Å²) < 4.78 is 0. The summed E-state index contributed by atoms with van der Waals surface area (Å²) in [6.07, 6.45) is 11.9. The molecule has 1 aromatic heterocycles. The summed E-state index contributed by atoms with van der Waals surface area (Å²) in [5, 5.41) is 0. The lowest BCUT2D eigenvalue weighted by Gasteiger charge is -2.11. The fourth-order valence-corrected chi connectivity index (χ4v) is 2.77. The SMILES string of the molecule is C=C.C=C/C(=C\C)c1cc(-c2ccc(C=C)cc2)cc(/C(C=C)=C/CCC)n1. The van der Waals surface area contributed by atoms with Crippen molar-refractivity contribution in [3.05, 3.63) is 111 Å². The van der Waals surface area contributed by atoms with Gasteiger partial charge in [0.2, 0.25) is 0 Å². The van der Waals surface area contributed by atoms with Gasteiger partial charge in [-0.1, -0.05) is 87.7 Å². The van der Waals surface area contributed by atoms with E-state index < -0.39 is 0 Å². The van der Waals surface area contributed by atoms with Crippen LogP contribution in [-0.2, 0) is 0 Å². The van der Waals surface area contributed by atoms with E-state index in [1.807, 2.05) is 31.2 Å². The molecule has 0 N–H and O–H groups in total. The summed E-state index contributed by atoms with van der Waals surface area (Å²) in [7, 11) is 0. The summed E-state index contributed by atoms with van der Waals surface area (Å²) in [4.78, 5) is 4.86. The first-order valence-electron chi connectivity index (χ1n) is 9.53. The highest BCUT2D eigenvalue weighted by molar-refractivity contribution is 5.80. The number of rotatable bonds is 8. The zero-order chi connectivity index (χ0) is 20.9. The molecule has 1 nitrogen and oxygen atoms in total. The zero-order valence-electron chi connectivity index (χ0n) is 17.2. The Labute approximate surface area is 170 Å². The van der Waals surface area contributed by atoms with E-state index in [9.17, 15) is 0 Å². The molecule has 0 fully saturated rings. The van der Waals surface area contributed by atoms with E-state index in [4.69, 9.17) is 4.98 Å². The largest absolute Gasteiger partial charge is 0.248 e. The van der Waals surface area contributed by atoms with Crippen LogP contribution in [0, 0.1) is 0 Å². The van der Waals surface area contributed by atoms with Crippen molar-refractivity contribution in [3.63, 3.8) is 0 Å². The maximum atomic E-state index is 4.86. The van der Waals surface area contributed by atoms with Crippen molar-refractivity contribution in [3.8, 4) is 11.1 Å². The lowest BCUT2D eigenvalue weighted by atomic mass is 9.98. The van der Waals surface area contributed by atoms with Gasteiger partial charge in [0.15, 0.2) is 0 Å². The van der Waals surface area contributed by atoms with E-state index >= 15 is 0 Å². The minimum atomic E-state index is 0.923. The summed E-state index contributed by atoms with van der Waals surface area (Å²) in [5.41, 5.74) is 7.34. The molecule has 0 aliphatic rings. The van der Waals surface area contributed by atoms with Gasteiger partial charge in [0.25, 0.3) is 0 Å². The van der Waals surface area contributed by atoms with Gasteiger partial charge in [-0.05, 0) is 53.3 Å². The van der Waals surface area contributed by atoms with E-state index in [1.54, 1.807) is 0 Å². The van der Waals surface area contributed by atoms with Gasteiger partial charge >= 0.3 is 0 Å². The van der Waals surface area contributed by atoms with Gasteiger partial charge in [0.1, 0.15) is 0 Å². The minimum Gasteiger partial charge on any atom is -0.248 e. The molecule has 28 heavy (non-hydrogen) atoms. The van der Waals surface area contributed by atoms with Crippen molar-refractivity contribution < 1.29 is 0 Å². The van der Waals surface area contributed by atoms with Crippen molar-refractivity contribution in [2.75, 3.05) is 0 Å². The Morgan fingerprint density at radius 1 is 0.893 bits per heavy atom. The Balaban J connectivity index is 0.00000190. The smallest absolute Gasteiger partial charge is 0.0712 e. The van der Waals surface area contributed by atoms with Crippen molar-refractivity contribution in [2.45, 2.75) is 26.7 Å². The minimum absolute atomic E-state index is 0.923. The Morgan fingerprint density at radius 2 is 1.46 bits per heavy atom. The molecule has 1 heteroatoms. The molecule has 0 amide bonds. The van der Waals surface area contributed by atoms with Gasteiger partial charge < -0.3 is 0 Å². The molecule has 0 aliphatic carbocycles. The third-order valence-corrected chi connectivity index (χ3v) is 4.30. The monoisotopic (exact) mass is 369 g/mol. The summed E-state index contributed by atoms with van der Waals surface area (Å²) in [6.45, 7) is 21.9. The Kier molecular flexibility index (Phi) is 9.99. The van der Waals surface area contributed by atoms with Crippen LogP contribution in [0.3, 0.4) is 0 Å². The first-order valence-corrected chi connectivity index (χ1v) is 9.53. The van der Waals surface area contributed by atoms with Crippen molar-refractivity contribution in [2.24, 2.45) is 0 Å². The zero-order valence-corrected chi connectivity index (χ0v) is 17.2. The number of allylic oxidation sites excluding steroid dienone is 6. The van der Waals surface area contributed by atoms with Gasteiger partial charge in [-0.25, -0.2) is 4.98 Å². The van der Waals surface area contributed by atoms with E-state index in [1.165, 1.54) is 0 Å². The van der Waals surface area contributed by atoms with Crippen molar-refractivity contribution in [1.29, 1.82) is 0 Å². The third-order valence-electron chi connectivity index (χ3n) is 4.30. The van der Waals surface area contributed by atoms with E-state index in [-0.39, 0.29) is 0 Å². The fraction of sp³-hybridized carbons (Fsp3) is 0.148. The molecule has 0 unspecified atom stereocenters. The molecule has 1 heterocycles. The molecule has 0 aliphatic heterocycles. The maximum Gasteiger partial charge on any atom is 0.0712 e. The first-order chi connectivity index (χ1) is 13.7. The lowest BCUT2D eigenvalue weighted by molar-refractivity contribution is 0.959. The van der Waals surface area contributed by atoms with Crippen LogP contribution < -0.4 is 0 Å². The fourth-order valence-electron chi connectivity index (χ4n) is 2.77. The van der Waals surface area contributed by atoms with Gasteiger partial charge in [-0.3, -0.25) is 0 Å². The number of aromatic nitrogens is 1. The number of hydrogen-bond acceptors (Lipinski definition) is 1. The molecule has 0 spiro atoms. The summed E-state index contributed by atoms with van der Waals surface area (Å²) >= 11 is 0. The third kappa shape index (κ3) is 5.92. The molecule has 144 valence electrons. The van der Waals surface area contributed by atoms with E-state index in [2.05, 4.69) is 82.3 Å². The second-order valence-electron chi connectivity index (χ2n) is 6.05. The molecular formula is C27H31N. The average molecular weight is 370 g/mol. The highest BCUT2D eigenvalue weighted by Gasteiger charge is 2.09. The molecule has 0 atom stereocenters. The molecule has 0 saturated heterocycles. The van der Waals surface area contributed by atoms with Crippen LogP contribution in [0.5, 0.6) is 0 Å². The summed E-state index contributed by atoms with van der Waals surface area (Å²) in [5.74, 6) is 0. The number of unbranched alkanes of at least 4 members (excludes halogenated alkanes) is 1. The normalized spacial score (nSPS) is 11.2. The van der Waals surface area contributed by atoms with Crippen LogP contribution in [0.25, 0.3) is 28.3 Å². The van der Waals surface area contributed by atoms with Gasteiger partial charge in [0, 0.05) is 0 Å². The second kappa shape index (κ2) is 12.2. The van der Waals surface area contributed by atoms with Gasteiger partial charge in [0.05, 0.1) is 11.4 Å². The highest BCUT2D eigenvalue weighted by Crippen LogP contribution is 2.28.